The van der Waals surface area contributed by atoms with Gasteiger partial charge in [-0.05, 0) is 23.8 Å². The number of cyclic esters (lactones) is 1. The van der Waals surface area contributed by atoms with E-state index in [4.69, 9.17) is 23.2 Å². The van der Waals surface area contributed by atoms with Crippen molar-refractivity contribution in [3.63, 3.8) is 0 Å². The van der Waals surface area contributed by atoms with Gasteiger partial charge in [0.05, 0.1) is 10.0 Å². The lowest BCUT2D eigenvalue weighted by Gasteiger charge is -1.97. The average Bonchev–Trinajstić information content (AvgIpc) is 2.59. The minimum Gasteiger partial charge on any atom is -0.410 e. The molecule has 0 radical (unpaired) electrons. The second-order valence-corrected chi connectivity index (χ2v) is 3.66. The number of carbonyl (C=O) groups is 1. The molecule has 0 fully saturated rings. The third-order valence-corrected chi connectivity index (χ3v) is 2.55. The van der Waals surface area contributed by atoms with Gasteiger partial charge in [-0.15, -0.1) is 0 Å². The van der Waals surface area contributed by atoms with Gasteiger partial charge in [0.2, 0.25) is 0 Å². The van der Waals surface area contributed by atoms with Crippen molar-refractivity contribution in [1.29, 1.82) is 0 Å². The van der Waals surface area contributed by atoms with Gasteiger partial charge in [0.25, 0.3) is 0 Å². The minimum absolute atomic E-state index is 0.244. The van der Waals surface area contributed by atoms with Gasteiger partial charge in [-0.3, -0.25) is 0 Å². The summed E-state index contributed by atoms with van der Waals surface area (Å²) in [4.78, 5) is 14.8. The SMILES string of the molecule is O=C1OC=NC1=Cc1ccc(Cl)c(Cl)c1. The van der Waals surface area contributed by atoms with Gasteiger partial charge in [-0.2, -0.15) is 0 Å². The molecule has 15 heavy (non-hydrogen) atoms. The van der Waals surface area contributed by atoms with Crippen LogP contribution < -0.4 is 0 Å². The summed E-state index contributed by atoms with van der Waals surface area (Å²) in [6.45, 7) is 0. The maximum Gasteiger partial charge on any atom is 0.363 e. The fourth-order valence-electron chi connectivity index (χ4n) is 1.10. The summed E-state index contributed by atoms with van der Waals surface area (Å²) in [7, 11) is 0. The Morgan fingerprint density at radius 2 is 2.07 bits per heavy atom. The third-order valence-electron chi connectivity index (χ3n) is 1.81. The topological polar surface area (TPSA) is 38.7 Å². The van der Waals surface area contributed by atoms with E-state index in [0.717, 1.165) is 12.0 Å². The van der Waals surface area contributed by atoms with Gasteiger partial charge >= 0.3 is 5.97 Å². The van der Waals surface area contributed by atoms with E-state index in [-0.39, 0.29) is 5.70 Å². The Kier molecular flexibility index (Phi) is 2.75. The Morgan fingerprint density at radius 3 is 2.67 bits per heavy atom. The van der Waals surface area contributed by atoms with Crippen molar-refractivity contribution >= 4 is 41.6 Å². The normalized spacial score (nSPS) is 17.2. The van der Waals surface area contributed by atoms with Crippen molar-refractivity contribution in [3.8, 4) is 0 Å². The Morgan fingerprint density at radius 1 is 1.27 bits per heavy atom. The van der Waals surface area contributed by atoms with Gasteiger partial charge in [0.15, 0.2) is 12.1 Å². The highest BCUT2D eigenvalue weighted by atomic mass is 35.5. The number of esters is 1. The zero-order valence-electron chi connectivity index (χ0n) is 7.41. The molecule has 0 spiro atoms. The molecule has 5 heteroatoms. The zero-order chi connectivity index (χ0) is 10.8. The molecule has 0 aromatic heterocycles. The number of hydrogen-bond acceptors (Lipinski definition) is 3. The number of carbonyl (C=O) groups excluding carboxylic acids is 1. The fourth-order valence-corrected chi connectivity index (χ4v) is 1.41. The van der Waals surface area contributed by atoms with E-state index in [2.05, 4.69) is 9.73 Å². The van der Waals surface area contributed by atoms with Crippen molar-refractivity contribution < 1.29 is 9.53 Å². The Balaban J connectivity index is 2.35. The molecule has 76 valence electrons. The average molecular weight is 242 g/mol. The molecule has 1 aromatic carbocycles. The quantitative estimate of drug-likeness (QED) is 0.561. The Hall–Kier alpha value is -1.32. The molecule has 0 unspecified atom stereocenters. The van der Waals surface area contributed by atoms with Gasteiger partial charge in [0.1, 0.15) is 0 Å². The van der Waals surface area contributed by atoms with Crippen molar-refractivity contribution in [3.05, 3.63) is 39.5 Å². The van der Waals surface area contributed by atoms with Crippen LogP contribution in [0.4, 0.5) is 0 Å². The molecular weight excluding hydrogens is 237 g/mol. The van der Waals surface area contributed by atoms with Crippen LogP contribution >= 0.6 is 23.2 Å². The van der Waals surface area contributed by atoms with E-state index in [9.17, 15) is 4.79 Å². The van der Waals surface area contributed by atoms with E-state index < -0.39 is 5.97 Å². The van der Waals surface area contributed by atoms with E-state index in [1.165, 1.54) is 0 Å². The molecule has 0 bridgehead atoms. The molecule has 1 aliphatic rings. The van der Waals surface area contributed by atoms with Gasteiger partial charge in [-0.25, -0.2) is 9.79 Å². The standard InChI is InChI=1S/C10H5Cl2NO2/c11-7-2-1-6(3-8(7)12)4-9-10(14)15-5-13-9/h1-5H. The molecule has 0 amide bonds. The summed E-state index contributed by atoms with van der Waals surface area (Å²) < 4.78 is 4.53. The molecule has 0 atom stereocenters. The molecule has 0 saturated heterocycles. The molecule has 0 saturated carbocycles. The van der Waals surface area contributed by atoms with Crippen LogP contribution in [0.3, 0.4) is 0 Å². The van der Waals surface area contributed by atoms with Crippen molar-refractivity contribution in [1.82, 2.24) is 0 Å². The highest BCUT2D eigenvalue weighted by Gasteiger charge is 2.14. The molecular formula is C10H5Cl2NO2. The molecule has 3 nitrogen and oxygen atoms in total. The maximum absolute atomic E-state index is 11.1. The highest BCUT2D eigenvalue weighted by Crippen LogP contribution is 2.24. The van der Waals surface area contributed by atoms with Gasteiger partial charge in [0, 0.05) is 0 Å². The van der Waals surface area contributed by atoms with Gasteiger partial charge in [-0.1, -0.05) is 29.3 Å². The van der Waals surface area contributed by atoms with Crippen LogP contribution in [0.15, 0.2) is 28.9 Å². The summed E-state index contributed by atoms with van der Waals surface area (Å²) in [5, 5.41) is 0.901. The smallest absolute Gasteiger partial charge is 0.363 e. The fraction of sp³-hybridized carbons (Fsp3) is 0. The molecule has 1 heterocycles. The number of ether oxygens (including phenoxy) is 1. The molecule has 1 aliphatic heterocycles. The lowest BCUT2D eigenvalue weighted by atomic mass is 10.2. The van der Waals surface area contributed by atoms with E-state index in [0.29, 0.717) is 10.0 Å². The first-order valence-electron chi connectivity index (χ1n) is 4.07. The molecule has 0 N–H and O–H groups in total. The van der Waals surface area contributed by atoms with E-state index in [1.54, 1.807) is 24.3 Å². The van der Waals surface area contributed by atoms with Crippen LogP contribution in [0.2, 0.25) is 10.0 Å². The van der Waals surface area contributed by atoms with Crippen LogP contribution in [0, 0.1) is 0 Å². The first-order valence-corrected chi connectivity index (χ1v) is 4.83. The second kappa shape index (κ2) is 4.04. The monoisotopic (exact) mass is 241 g/mol. The first-order chi connectivity index (χ1) is 7.16. The van der Waals surface area contributed by atoms with Crippen molar-refractivity contribution in [2.45, 2.75) is 0 Å². The van der Waals surface area contributed by atoms with Gasteiger partial charge < -0.3 is 4.74 Å². The number of halogens is 2. The zero-order valence-corrected chi connectivity index (χ0v) is 8.92. The van der Waals surface area contributed by atoms with Crippen LogP contribution in [-0.4, -0.2) is 12.4 Å². The lowest BCUT2D eigenvalue weighted by molar-refractivity contribution is -0.129. The van der Waals surface area contributed by atoms with Crippen LogP contribution in [0.5, 0.6) is 0 Å². The maximum atomic E-state index is 11.1. The summed E-state index contributed by atoms with van der Waals surface area (Å²) in [6.07, 6.45) is 2.68. The number of benzene rings is 1. The summed E-state index contributed by atoms with van der Waals surface area (Å²) >= 11 is 11.6. The predicted octanol–water partition coefficient (Wildman–Crippen LogP) is 2.92. The summed E-state index contributed by atoms with van der Waals surface area (Å²) in [5.41, 5.74) is 0.990. The Labute approximate surface area is 96.0 Å². The second-order valence-electron chi connectivity index (χ2n) is 2.84. The van der Waals surface area contributed by atoms with Crippen LogP contribution in [0.25, 0.3) is 6.08 Å². The number of rotatable bonds is 1. The number of hydrogen-bond donors (Lipinski definition) is 0. The van der Waals surface area contributed by atoms with Crippen LogP contribution in [0.1, 0.15) is 5.56 Å². The van der Waals surface area contributed by atoms with Crippen molar-refractivity contribution in [2.24, 2.45) is 4.99 Å². The molecule has 1 aromatic rings. The number of nitrogens with zero attached hydrogens (tertiary/aromatic N) is 1. The highest BCUT2D eigenvalue weighted by molar-refractivity contribution is 6.42. The minimum atomic E-state index is -0.471. The third kappa shape index (κ3) is 2.19. The Bertz CT molecular complexity index is 480. The van der Waals surface area contributed by atoms with Crippen LogP contribution in [-0.2, 0) is 9.53 Å². The first kappa shape index (κ1) is 10.2. The number of aliphatic imine (C=N–C) groups is 1. The largest absolute Gasteiger partial charge is 0.410 e. The van der Waals surface area contributed by atoms with E-state index >= 15 is 0 Å². The summed E-state index contributed by atoms with van der Waals surface area (Å²) in [6, 6.07) is 5.04. The molecule has 0 aliphatic carbocycles. The van der Waals surface area contributed by atoms with Crippen molar-refractivity contribution in [2.75, 3.05) is 0 Å². The predicted molar refractivity (Wildman–Crippen MR) is 59.0 cm³/mol. The molecule has 2 rings (SSSR count). The lowest BCUT2D eigenvalue weighted by Crippen LogP contribution is -1.95. The summed E-state index contributed by atoms with van der Waals surface area (Å²) in [5.74, 6) is -0.471. The van der Waals surface area contributed by atoms with E-state index in [1.807, 2.05) is 0 Å².